The van der Waals surface area contributed by atoms with E-state index >= 15 is 0 Å². The molecule has 2 rings (SSSR count). The Balaban J connectivity index is 1.99. The van der Waals surface area contributed by atoms with Crippen molar-refractivity contribution in [2.24, 2.45) is 5.92 Å². The Bertz CT molecular complexity index is 342. The lowest BCUT2D eigenvalue weighted by Crippen LogP contribution is -2.23. The van der Waals surface area contributed by atoms with E-state index in [0.717, 1.165) is 12.5 Å². The standard InChI is InChI=1S/C15H24BrNS/c1-2-17-15(13-10-18-11-14(13)16)9-12-7-5-3-4-6-8-12/h10-12,15,17H,2-9H2,1H3. The molecule has 1 nitrogen and oxygen atoms in total. The molecule has 1 aliphatic rings. The average Bonchev–Trinajstić information content (AvgIpc) is 2.63. The molecule has 102 valence electrons. The number of nitrogens with one attached hydrogen (secondary N) is 1. The monoisotopic (exact) mass is 329 g/mol. The fourth-order valence-corrected chi connectivity index (χ4v) is 4.67. The van der Waals surface area contributed by atoms with Crippen LogP contribution in [0.3, 0.4) is 0 Å². The van der Waals surface area contributed by atoms with Crippen LogP contribution in [0.1, 0.15) is 63.5 Å². The van der Waals surface area contributed by atoms with Gasteiger partial charge in [0.25, 0.3) is 0 Å². The number of hydrogen-bond donors (Lipinski definition) is 1. The van der Waals surface area contributed by atoms with Crippen molar-refractivity contribution in [1.29, 1.82) is 0 Å². The maximum Gasteiger partial charge on any atom is 0.0342 e. The highest BCUT2D eigenvalue weighted by Crippen LogP contribution is 2.35. The number of rotatable bonds is 5. The molecular weight excluding hydrogens is 306 g/mol. The van der Waals surface area contributed by atoms with Gasteiger partial charge in [0.1, 0.15) is 0 Å². The molecule has 0 aliphatic heterocycles. The van der Waals surface area contributed by atoms with E-state index in [1.54, 1.807) is 11.3 Å². The molecule has 1 aromatic rings. The zero-order chi connectivity index (χ0) is 12.8. The van der Waals surface area contributed by atoms with Gasteiger partial charge in [-0.3, -0.25) is 0 Å². The first kappa shape index (κ1) is 14.5. The summed E-state index contributed by atoms with van der Waals surface area (Å²) in [5, 5.41) is 8.17. The van der Waals surface area contributed by atoms with Gasteiger partial charge in [0.05, 0.1) is 0 Å². The van der Waals surface area contributed by atoms with Crippen molar-refractivity contribution in [2.75, 3.05) is 6.54 Å². The smallest absolute Gasteiger partial charge is 0.0342 e. The van der Waals surface area contributed by atoms with E-state index in [9.17, 15) is 0 Å². The van der Waals surface area contributed by atoms with Gasteiger partial charge in [-0.1, -0.05) is 45.4 Å². The van der Waals surface area contributed by atoms with E-state index in [4.69, 9.17) is 0 Å². The van der Waals surface area contributed by atoms with Crippen molar-refractivity contribution in [1.82, 2.24) is 5.32 Å². The summed E-state index contributed by atoms with van der Waals surface area (Å²) in [5.41, 5.74) is 1.46. The average molecular weight is 330 g/mol. The highest BCUT2D eigenvalue weighted by Gasteiger charge is 2.20. The van der Waals surface area contributed by atoms with Crippen LogP contribution >= 0.6 is 27.3 Å². The molecule has 1 N–H and O–H groups in total. The van der Waals surface area contributed by atoms with Crippen molar-refractivity contribution in [3.05, 3.63) is 20.8 Å². The molecule has 3 heteroatoms. The van der Waals surface area contributed by atoms with Crippen LogP contribution < -0.4 is 5.32 Å². The molecule has 1 fully saturated rings. The third-order valence-electron chi connectivity index (χ3n) is 4.01. The third kappa shape index (κ3) is 4.07. The molecule has 1 heterocycles. The van der Waals surface area contributed by atoms with E-state index in [-0.39, 0.29) is 0 Å². The van der Waals surface area contributed by atoms with Gasteiger partial charge < -0.3 is 5.32 Å². The molecule has 1 aliphatic carbocycles. The maximum atomic E-state index is 3.69. The van der Waals surface area contributed by atoms with E-state index in [1.807, 2.05) is 0 Å². The molecule has 1 atom stereocenters. The predicted molar refractivity (Wildman–Crippen MR) is 84.2 cm³/mol. The van der Waals surface area contributed by atoms with Gasteiger partial charge in [-0.2, -0.15) is 11.3 Å². The Kier molecular flexibility index (Phi) is 6.19. The molecule has 0 amide bonds. The fraction of sp³-hybridized carbons (Fsp3) is 0.733. The van der Waals surface area contributed by atoms with Gasteiger partial charge in [-0.25, -0.2) is 0 Å². The fourth-order valence-electron chi connectivity index (χ4n) is 3.04. The van der Waals surface area contributed by atoms with Crippen LogP contribution in [-0.4, -0.2) is 6.54 Å². The Morgan fingerprint density at radius 1 is 1.28 bits per heavy atom. The summed E-state index contributed by atoms with van der Waals surface area (Å²) >= 11 is 5.49. The van der Waals surface area contributed by atoms with E-state index in [2.05, 4.69) is 38.9 Å². The molecule has 0 spiro atoms. The number of hydrogen-bond acceptors (Lipinski definition) is 2. The molecule has 18 heavy (non-hydrogen) atoms. The first-order chi connectivity index (χ1) is 8.81. The maximum absolute atomic E-state index is 3.69. The molecule has 1 saturated carbocycles. The third-order valence-corrected chi connectivity index (χ3v) is 5.76. The van der Waals surface area contributed by atoms with Gasteiger partial charge in [0.15, 0.2) is 0 Å². The van der Waals surface area contributed by atoms with Gasteiger partial charge in [-0.05, 0) is 45.8 Å². The quantitative estimate of drug-likeness (QED) is 0.701. The van der Waals surface area contributed by atoms with Gasteiger partial charge in [-0.15, -0.1) is 0 Å². The van der Waals surface area contributed by atoms with Crippen LogP contribution in [0.4, 0.5) is 0 Å². The summed E-state index contributed by atoms with van der Waals surface area (Å²) in [4.78, 5) is 0. The lowest BCUT2D eigenvalue weighted by Gasteiger charge is -2.23. The summed E-state index contributed by atoms with van der Waals surface area (Å²) in [7, 11) is 0. The highest BCUT2D eigenvalue weighted by atomic mass is 79.9. The SMILES string of the molecule is CCNC(CC1CCCCCC1)c1cscc1Br. The van der Waals surface area contributed by atoms with Crippen LogP contribution in [0, 0.1) is 5.92 Å². The van der Waals surface area contributed by atoms with E-state index in [0.29, 0.717) is 6.04 Å². The van der Waals surface area contributed by atoms with Crippen molar-refractivity contribution in [2.45, 2.75) is 57.9 Å². The van der Waals surface area contributed by atoms with Crippen LogP contribution in [0.15, 0.2) is 15.2 Å². The van der Waals surface area contributed by atoms with Crippen LogP contribution in [0.25, 0.3) is 0 Å². The summed E-state index contributed by atoms with van der Waals surface area (Å²) in [6.45, 7) is 3.26. The summed E-state index contributed by atoms with van der Waals surface area (Å²) < 4.78 is 1.28. The normalized spacial score (nSPS) is 19.7. The summed E-state index contributed by atoms with van der Waals surface area (Å²) in [6, 6.07) is 0.540. The predicted octanol–water partition coefficient (Wildman–Crippen LogP) is 5.52. The second kappa shape index (κ2) is 7.66. The molecule has 0 radical (unpaired) electrons. The van der Waals surface area contributed by atoms with Crippen molar-refractivity contribution in [3.8, 4) is 0 Å². The summed E-state index contributed by atoms with van der Waals surface area (Å²) in [6.07, 6.45) is 9.95. The van der Waals surface area contributed by atoms with E-state index < -0.39 is 0 Å². The van der Waals surface area contributed by atoms with Crippen molar-refractivity contribution < 1.29 is 0 Å². The Hall–Kier alpha value is 0.140. The zero-order valence-corrected chi connectivity index (χ0v) is 13.7. The van der Waals surface area contributed by atoms with E-state index in [1.165, 1.54) is 55.0 Å². The molecule has 0 aromatic carbocycles. The van der Waals surface area contributed by atoms with Gasteiger partial charge >= 0.3 is 0 Å². The lowest BCUT2D eigenvalue weighted by atomic mass is 9.90. The molecular formula is C15H24BrNS. The first-order valence-corrected chi connectivity index (χ1v) is 8.99. The van der Waals surface area contributed by atoms with Crippen LogP contribution in [0.5, 0.6) is 0 Å². The highest BCUT2D eigenvalue weighted by molar-refractivity contribution is 9.10. The van der Waals surface area contributed by atoms with Crippen molar-refractivity contribution >= 4 is 27.3 Å². The Labute approximate surface area is 123 Å². The molecule has 0 bridgehead atoms. The van der Waals surface area contributed by atoms with Crippen molar-refractivity contribution in [3.63, 3.8) is 0 Å². The topological polar surface area (TPSA) is 12.0 Å². The second-order valence-corrected chi connectivity index (χ2v) is 6.98. The molecule has 0 saturated heterocycles. The van der Waals surface area contributed by atoms with Crippen LogP contribution in [0.2, 0.25) is 0 Å². The minimum atomic E-state index is 0.540. The molecule has 1 unspecified atom stereocenters. The minimum absolute atomic E-state index is 0.540. The summed E-state index contributed by atoms with van der Waals surface area (Å²) in [5.74, 6) is 0.920. The largest absolute Gasteiger partial charge is 0.310 e. The first-order valence-electron chi connectivity index (χ1n) is 7.26. The Morgan fingerprint density at radius 3 is 2.56 bits per heavy atom. The van der Waals surface area contributed by atoms with Gasteiger partial charge in [0.2, 0.25) is 0 Å². The number of thiophene rings is 1. The lowest BCUT2D eigenvalue weighted by molar-refractivity contribution is 0.359. The number of halogens is 1. The molecule has 1 aromatic heterocycles. The Morgan fingerprint density at radius 2 is 2.00 bits per heavy atom. The minimum Gasteiger partial charge on any atom is -0.310 e. The second-order valence-electron chi connectivity index (χ2n) is 5.38. The zero-order valence-electron chi connectivity index (χ0n) is 11.3. The van der Waals surface area contributed by atoms with Crippen LogP contribution in [-0.2, 0) is 0 Å². The van der Waals surface area contributed by atoms with Gasteiger partial charge in [0, 0.05) is 15.9 Å².